The summed E-state index contributed by atoms with van der Waals surface area (Å²) in [6.45, 7) is 0. The molecule has 4 heteroatoms. The molecule has 0 aliphatic heterocycles. The third-order valence-corrected chi connectivity index (χ3v) is 1.89. The second-order valence-corrected chi connectivity index (χ2v) is 3.15. The Kier molecular flexibility index (Phi) is 1.87. The zero-order valence-electron chi connectivity index (χ0n) is 5.96. The summed E-state index contributed by atoms with van der Waals surface area (Å²) in [5.74, 6) is 0. The van der Waals surface area contributed by atoms with Crippen molar-refractivity contribution in [3.63, 3.8) is 0 Å². The SMILES string of the molecule is Clc1cnc2ccc(Cl)nc2c1. The van der Waals surface area contributed by atoms with E-state index in [4.69, 9.17) is 23.2 Å². The molecular weight excluding hydrogens is 195 g/mol. The molecule has 12 heavy (non-hydrogen) atoms. The average molecular weight is 199 g/mol. The lowest BCUT2D eigenvalue weighted by Crippen LogP contribution is -1.82. The molecule has 0 spiro atoms. The number of rotatable bonds is 0. The highest BCUT2D eigenvalue weighted by atomic mass is 35.5. The number of aromatic nitrogens is 2. The molecular formula is C8H4Cl2N2. The molecule has 0 saturated heterocycles. The highest BCUT2D eigenvalue weighted by Gasteiger charge is 1.97. The highest BCUT2D eigenvalue weighted by Crippen LogP contribution is 2.16. The van der Waals surface area contributed by atoms with Crippen LogP contribution in [0.5, 0.6) is 0 Å². The van der Waals surface area contributed by atoms with Gasteiger partial charge in [0.25, 0.3) is 0 Å². The van der Waals surface area contributed by atoms with Crippen molar-refractivity contribution in [1.29, 1.82) is 0 Å². The van der Waals surface area contributed by atoms with E-state index >= 15 is 0 Å². The Morgan fingerprint density at radius 2 is 1.92 bits per heavy atom. The van der Waals surface area contributed by atoms with Crippen molar-refractivity contribution < 1.29 is 0 Å². The van der Waals surface area contributed by atoms with Crippen LogP contribution in [0.25, 0.3) is 11.0 Å². The molecule has 2 aromatic rings. The van der Waals surface area contributed by atoms with Crippen LogP contribution in [0, 0.1) is 0 Å². The summed E-state index contributed by atoms with van der Waals surface area (Å²) >= 11 is 11.4. The number of halogens is 2. The predicted octanol–water partition coefficient (Wildman–Crippen LogP) is 2.94. The topological polar surface area (TPSA) is 25.8 Å². The molecule has 0 N–H and O–H groups in total. The van der Waals surface area contributed by atoms with E-state index in [-0.39, 0.29) is 0 Å². The summed E-state index contributed by atoms with van der Waals surface area (Å²) in [6, 6.07) is 5.24. The first-order valence-electron chi connectivity index (χ1n) is 3.33. The zero-order chi connectivity index (χ0) is 8.55. The fraction of sp³-hybridized carbons (Fsp3) is 0. The molecule has 2 rings (SSSR count). The zero-order valence-corrected chi connectivity index (χ0v) is 7.47. The van der Waals surface area contributed by atoms with E-state index in [1.165, 1.54) is 0 Å². The average Bonchev–Trinajstić information content (AvgIpc) is 2.03. The van der Waals surface area contributed by atoms with Crippen molar-refractivity contribution in [3.8, 4) is 0 Å². The van der Waals surface area contributed by atoms with Gasteiger partial charge in [-0.05, 0) is 18.2 Å². The maximum Gasteiger partial charge on any atom is 0.129 e. The molecule has 0 aliphatic carbocycles. The van der Waals surface area contributed by atoms with Gasteiger partial charge in [-0.25, -0.2) is 4.98 Å². The first-order chi connectivity index (χ1) is 5.75. The van der Waals surface area contributed by atoms with Gasteiger partial charge in [0.2, 0.25) is 0 Å². The summed E-state index contributed by atoms with van der Waals surface area (Å²) < 4.78 is 0. The van der Waals surface area contributed by atoms with Gasteiger partial charge in [-0.15, -0.1) is 0 Å². The van der Waals surface area contributed by atoms with Crippen LogP contribution in [0.15, 0.2) is 24.4 Å². The van der Waals surface area contributed by atoms with Crippen LogP contribution in [0.1, 0.15) is 0 Å². The first-order valence-corrected chi connectivity index (χ1v) is 4.09. The van der Waals surface area contributed by atoms with E-state index in [9.17, 15) is 0 Å². The minimum absolute atomic E-state index is 0.451. The Morgan fingerprint density at radius 3 is 2.75 bits per heavy atom. The van der Waals surface area contributed by atoms with Gasteiger partial charge in [-0.1, -0.05) is 23.2 Å². The number of hydrogen-bond acceptors (Lipinski definition) is 2. The van der Waals surface area contributed by atoms with Crippen LogP contribution in [0.2, 0.25) is 10.2 Å². The van der Waals surface area contributed by atoms with E-state index in [0.717, 1.165) is 11.0 Å². The van der Waals surface area contributed by atoms with Crippen LogP contribution in [0.4, 0.5) is 0 Å². The summed E-state index contributed by atoms with van der Waals surface area (Å²) in [6.07, 6.45) is 1.58. The molecule has 0 fully saturated rings. The molecule has 0 aromatic carbocycles. The molecule has 0 saturated carbocycles. The molecule has 0 bridgehead atoms. The fourth-order valence-electron chi connectivity index (χ4n) is 0.957. The lowest BCUT2D eigenvalue weighted by atomic mass is 10.3. The van der Waals surface area contributed by atoms with Crippen molar-refractivity contribution in [3.05, 3.63) is 34.6 Å². The van der Waals surface area contributed by atoms with Crippen LogP contribution >= 0.6 is 23.2 Å². The third-order valence-electron chi connectivity index (χ3n) is 1.47. The summed E-state index contributed by atoms with van der Waals surface area (Å²) in [7, 11) is 0. The largest absolute Gasteiger partial charge is 0.253 e. The number of nitrogens with zero attached hydrogens (tertiary/aromatic N) is 2. The Hall–Kier alpha value is -0.860. The van der Waals surface area contributed by atoms with Crippen LogP contribution in [-0.2, 0) is 0 Å². The van der Waals surface area contributed by atoms with Gasteiger partial charge >= 0.3 is 0 Å². The van der Waals surface area contributed by atoms with Crippen LogP contribution in [0.3, 0.4) is 0 Å². The molecule has 0 radical (unpaired) electrons. The third kappa shape index (κ3) is 1.36. The van der Waals surface area contributed by atoms with Crippen molar-refractivity contribution in [1.82, 2.24) is 9.97 Å². The Bertz CT molecular complexity index is 392. The number of hydrogen-bond donors (Lipinski definition) is 0. The van der Waals surface area contributed by atoms with Gasteiger partial charge in [-0.2, -0.15) is 0 Å². The number of fused-ring (bicyclic) bond motifs is 1. The van der Waals surface area contributed by atoms with Crippen molar-refractivity contribution in [2.24, 2.45) is 0 Å². The Morgan fingerprint density at radius 1 is 1.08 bits per heavy atom. The summed E-state index contributed by atoms with van der Waals surface area (Å²) in [5.41, 5.74) is 1.51. The maximum absolute atomic E-state index is 5.73. The van der Waals surface area contributed by atoms with E-state index in [2.05, 4.69) is 9.97 Å². The van der Waals surface area contributed by atoms with Crippen LogP contribution in [-0.4, -0.2) is 9.97 Å². The molecule has 2 nitrogen and oxygen atoms in total. The monoisotopic (exact) mass is 198 g/mol. The van der Waals surface area contributed by atoms with Gasteiger partial charge in [0.1, 0.15) is 5.15 Å². The highest BCUT2D eigenvalue weighted by molar-refractivity contribution is 6.31. The Balaban J connectivity index is 2.80. The van der Waals surface area contributed by atoms with E-state index in [0.29, 0.717) is 10.2 Å². The fourth-order valence-corrected chi connectivity index (χ4v) is 1.26. The van der Waals surface area contributed by atoms with Crippen LogP contribution < -0.4 is 0 Å². The lowest BCUT2D eigenvalue weighted by Gasteiger charge is -1.96. The minimum atomic E-state index is 0.451. The normalized spacial score (nSPS) is 10.5. The quantitative estimate of drug-likeness (QED) is 0.609. The van der Waals surface area contributed by atoms with Crippen molar-refractivity contribution in [2.45, 2.75) is 0 Å². The molecule has 0 amide bonds. The number of pyridine rings is 2. The van der Waals surface area contributed by atoms with Gasteiger partial charge < -0.3 is 0 Å². The molecule has 0 aliphatic rings. The van der Waals surface area contributed by atoms with Gasteiger partial charge in [0, 0.05) is 6.20 Å². The van der Waals surface area contributed by atoms with E-state index < -0.39 is 0 Å². The predicted molar refractivity (Wildman–Crippen MR) is 49.6 cm³/mol. The summed E-state index contributed by atoms with van der Waals surface area (Å²) in [4.78, 5) is 8.12. The molecule has 2 heterocycles. The second-order valence-electron chi connectivity index (χ2n) is 2.33. The van der Waals surface area contributed by atoms with Crippen molar-refractivity contribution >= 4 is 34.2 Å². The molecule has 0 atom stereocenters. The Labute approximate surface area is 79.2 Å². The van der Waals surface area contributed by atoms with E-state index in [1.54, 1.807) is 24.4 Å². The minimum Gasteiger partial charge on any atom is -0.253 e. The summed E-state index contributed by atoms with van der Waals surface area (Å²) in [5, 5.41) is 1.02. The van der Waals surface area contributed by atoms with Gasteiger partial charge in [0.05, 0.1) is 16.1 Å². The van der Waals surface area contributed by atoms with Gasteiger partial charge in [0.15, 0.2) is 0 Å². The van der Waals surface area contributed by atoms with Gasteiger partial charge in [-0.3, -0.25) is 4.98 Å². The standard InChI is InChI=1S/C8H4Cl2N2/c9-5-3-7-6(11-4-5)1-2-8(10)12-7/h1-4H. The van der Waals surface area contributed by atoms with Crippen molar-refractivity contribution in [2.75, 3.05) is 0 Å². The maximum atomic E-state index is 5.73. The first kappa shape index (κ1) is 7.77. The second kappa shape index (κ2) is 2.88. The lowest BCUT2D eigenvalue weighted by molar-refractivity contribution is 1.34. The van der Waals surface area contributed by atoms with E-state index in [1.807, 2.05) is 0 Å². The molecule has 0 unspecified atom stereocenters. The molecule has 2 aromatic heterocycles. The molecule has 60 valence electrons. The smallest absolute Gasteiger partial charge is 0.129 e.